The third-order valence-corrected chi connectivity index (χ3v) is 3.96. The largest absolute Gasteiger partial charge is 0.342 e. The number of aryl methyl sites for hydroxylation is 1. The number of amides is 1. The minimum Gasteiger partial charge on any atom is -0.342 e. The van der Waals surface area contributed by atoms with Crippen LogP contribution in [0.15, 0.2) is 24.3 Å². The van der Waals surface area contributed by atoms with Gasteiger partial charge in [-0.3, -0.25) is 4.79 Å². The summed E-state index contributed by atoms with van der Waals surface area (Å²) in [5, 5.41) is 0. The molecule has 0 N–H and O–H groups in total. The molecule has 0 aliphatic heterocycles. The van der Waals surface area contributed by atoms with Gasteiger partial charge >= 0.3 is 0 Å². The molecule has 118 valence electrons. The second kappa shape index (κ2) is 10.4. The summed E-state index contributed by atoms with van der Waals surface area (Å²) < 4.78 is 0. The lowest BCUT2D eigenvalue weighted by molar-refractivity contribution is 0.0792. The molecule has 0 aromatic heterocycles. The average molecular weight is 289 g/mol. The summed E-state index contributed by atoms with van der Waals surface area (Å²) >= 11 is 0. The van der Waals surface area contributed by atoms with E-state index in [1.165, 1.54) is 44.9 Å². The molecule has 1 amide bonds. The molecule has 1 aromatic carbocycles. The minimum atomic E-state index is 0.140. The molecule has 0 unspecified atom stereocenters. The summed E-state index contributed by atoms with van der Waals surface area (Å²) in [5.74, 6) is 0.140. The Morgan fingerprint density at radius 3 is 2.24 bits per heavy atom. The lowest BCUT2D eigenvalue weighted by atomic mass is 10.1. The van der Waals surface area contributed by atoms with Crippen LogP contribution in [0.5, 0.6) is 0 Å². The highest BCUT2D eigenvalue weighted by Gasteiger charge is 2.10. The van der Waals surface area contributed by atoms with Crippen molar-refractivity contribution < 1.29 is 4.79 Å². The molecule has 0 fully saturated rings. The molecule has 0 atom stereocenters. The van der Waals surface area contributed by atoms with Gasteiger partial charge in [-0.25, -0.2) is 0 Å². The molecule has 0 saturated heterocycles. The molecule has 0 aliphatic rings. The van der Waals surface area contributed by atoms with Crippen molar-refractivity contribution in [3.05, 3.63) is 35.4 Å². The molecule has 2 heteroatoms. The number of unbranched alkanes of at least 4 members (excludes halogenated alkanes) is 7. The summed E-state index contributed by atoms with van der Waals surface area (Å²) in [7, 11) is 1.91. The molecule has 2 nitrogen and oxygen atoms in total. The molecule has 0 aliphatic carbocycles. The van der Waals surface area contributed by atoms with Crippen LogP contribution in [-0.4, -0.2) is 24.4 Å². The predicted octanol–water partition coefficient (Wildman–Crippen LogP) is 5.21. The third kappa shape index (κ3) is 7.31. The van der Waals surface area contributed by atoms with Crippen molar-refractivity contribution in [2.45, 2.75) is 65.2 Å². The predicted molar refractivity (Wildman–Crippen MR) is 90.7 cm³/mol. The SMILES string of the molecule is CCCCCCCCCCN(C)C(=O)c1cccc(C)c1. The lowest BCUT2D eigenvalue weighted by Gasteiger charge is -2.17. The van der Waals surface area contributed by atoms with Gasteiger partial charge in [-0.05, 0) is 25.5 Å². The Kier molecular flexibility index (Phi) is 8.80. The molecular formula is C19H31NO. The van der Waals surface area contributed by atoms with Crippen LogP contribution in [0.4, 0.5) is 0 Å². The zero-order valence-electron chi connectivity index (χ0n) is 14.0. The van der Waals surface area contributed by atoms with Gasteiger partial charge in [0.1, 0.15) is 0 Å². The van der Waals surface area contributed by atoms with Crippen molar-refractivity contribution in [3.8, 4) is 0 Å². The molecule has 0 saturated carbocycles. The highest BCUT2D eigenvalue weighted by molar-refractivity contribution is 5.94. The van der Waals surface area contributed by atoms with E-state index in [-0.39, 0.29) is 5.91 Å². The summed E-state index contributed by atoms with van der Waals surface area (Å²) in [6.07, 6.45) is 10.4. The molecule has 21 heavy (non-hydrogen) atoms. The smallest absolute Gasteiger partial charge is 0.253 e. The Morgan fingerprint density at radius 1 is 1.00 bits per heavy atom. The summed E-state index contributed by atoms with van der Waals surface area (Å²) in [6, 6.07) is 7.84. The van der Waals surface area contributed by atoms with Crippen molar-refractivity contribution in [1.29, 1.82) is 0 Å². The van der Waals surface area contributed by atoms with Gasteiger partial charge in [0.15, 0.2) is 0 Å². The number of rotatable bonds is 10. The highest BCUT2D eigenvalue weighted by Crippen LogP contribution is 2.10. The van der Waals surface area contributed by atoms with E-state index >= 15 is 0 Å². The zero-order valence-corrected chi connectivity index (χ0v) is 14.0. The maximum absolute atomic E-state index is 12.3. The Labute approximate surface area is 130 Å². The first-order chi connectivity index (χ1) is 10.1. The lowest BCUT2D eigenvalue weighted by Crippen LogP contribution is -2.27. The fourth-order valence-corrected chi connectivity index (χ4v) is 2.58. The van der Waals surface area contributed by atoms with Crippen LogP contribution in [0, 0.1) is 6.92 Å². The van der Waals surface area contributed by atoms with Crippen molar-refractivity contribution >= 4 is 5.91 Å². The molecule has 1 aromatic rings. The zero-order chi connectivity index (χ0) is 15.5. The van der Waals surface area contributed by atoms with E-state index in [4.69, 9.17) is 0 Å². The van der Waals surface area contributed by atoms with Gasteiger partial charge < -0.3 is 4.90 Å². The first kappa shape index (κ1) is 17.7. The molecule has 1 rings (SSSR count). The van der Waals surface area contributed by atoms with Crippen LogP contribution in [0.25, 0.3) is 0 Å². The topological polar surface area (TPSA) is 20.3 Å². The Hall–Kier alpha value is -1.31. The van der Waals surface area contributed by atoms with Crippen LogP contribution in [-0.2, 0) is 0 Å². The van der Waals surface area contributed by atoms with Crippen LogP contribution < -0.4 is 0 Å². The van der Waals surface area contributed by atoms with Crippen LogP contribution in [0.2, 0.25) is 0 Å². The van der Waals surface area contributed by atoms with Crippen LogP contribution in [0.3, 0.4) is 0 Å². The van der Waals surface area contributed by atoms with Gasteiger partial charge in [-0.2, -0.15) is 0 Å². The molecule has 0 radical (unpaired) electrons. The van der Waals surface area contributed by atoms with Gasteiger partial charge in [-0.1, -0.05) is 69.6 Å². The second-order valence-corrected chi connectivity index (χ2v) is 6.07. The van der Waals surface area contributed by atoms with Gasteiger partial charge in [0, 0.05) is 19.2 Å². The normalized spacial score (nSPS) is 10.6. The summed E-state index contributed by atoms with van der Waals surface area (Å²) in [5.41, 5.74) is 1.94. The molecule has 0 spiro atoms. The first-order valence-electron chi connectivity index (χ1n) is 8.47. The minimum absolute atomic E-state index is 0.140. The maximum Gasteiger partial charge on any atom is 0.253 e. The Bertz CT molecular complexity index is 414. The second-order valence-electron chi connectivity index (χ2n) is 6.07. The van der Waals surface area contributed by atoms with E-state index < -0.39 is 0 Å². The number of hydrogen-bond acceptors (Lipinski definition) is 1. The Balaban J connectivity index is 2.16. The Morgan fingerprint density at radius 2 is 1.62 bits per heavy atom. The quantitative estimate of drug-likeness (QED) is 0.542. The van der Waals surface area contributed by atoms with E-state index in [1.807, 2.05) is 43.1 Å². The number of nitrogens with zero attached hydrogens (tertiary/aromatic N) is 1. The van der Waals surface area contributed by atoms with Crippen molar-refractivity contribution in [2.75, 3.05) is 13.6 Å². The van der Waals surface area contributed by atoms with Gasteiger partial charge in [0.2, 0.25) is 0 Å². The number of carbonyl (C=O) groups excluding carboxylic acids is 1. The number of hydrogen-bond donors (Lipinski definition) is 0. The highest BCUT2D eigenvalue weighted by atomic mass is 16.2. The van der Waals surface area contributed by atoms with E-state index in [2.05, 4.69) is 6.92 Å². The third-order valence-electron chi connectivity index (χ3n) is 3.96. The van der Waals surface area contributed by atoms with E-state index in [1.54, 1.807) is 0 Å². The monoisotopic (exact) mass is 289 g/mol. The van der Waals surface area contributed by atoms with E-state index in [0.717, 1.165) is 24.1 Å². The van der Waals surface area contributed by atoms with E-state index in [9.17, 15) is 4.79 Å². The molecule has 0 heterocycles. The molecular weight excluding hydrogens is 258 g/mol. The summed E-state index contributed by atoms with van der Waals surface area (Å²) in [4.78, 5) is 14.1. The van der Waals surface area contributed by atoms with Gasteiger partial charge in [0.25, 0.3) is 5.91 Å². The van der Waals surface area contributed by atoms with Crippen molar-refractivity contribution in [1.82, 2.24) is 4.90 Å². The summed E-state index contributed by atoms with van der Waals surface area (Å²) in [6.45, 7) is 5.14. The van der Waals surface area contributed by atoms with Crippen molar-refractivity contribution in [3.63, 3.8) is 0 Å². The van der Waals surface area contributed by atoms with Gasteiger partial charge in [-0.15, -0.1) is 0 Å². The van der Waals surface area contributed by atoms with E-state index in [0.29, 0.717) is 0 Å². The molecule has 0 bridgehead atoms. The van der Waals surface area contributed by atoms with Gasteiger partial charge in [0.05, 0.1) is 0 Å². The number of carbonyl (C=O) groups is 1. The standard InChI is InChI=1S/C19H31NO/c1-4-5-6-7-8-9-10-11-15-20(3)19(21)18-14-12-13-17(2)16-18/h12-14,16H,4-11,15H2,1-3H3. The fraction of sp³-hybridized carbons (Fsp3) is 0.632. The van der Waals surface area contributed by atoms with Crippen molar-refractivity contribution in [2.24, 2.45) is 0 Å². The van der Waals surface area contributed by atoms with Crippen LogP contribution >= 0.6 is 0 Å². The van der Waals surface area contributed by atoms with Crippen LogP contribution in [0.1, 0.15) is 74.2 Å². The fourth-order valence-electron chi connectivity index (χ4n) is 2.58. The average Bonchev–Trinajstić information content (AvgIpc) is 2.49. The number of benzene rings is 1. The first-order valence-corrected chi connectivity index (χ1v) is 8.47. The maximum atomic E-state index is 12.3.